The summed E-state index contributed by atoms with van der Waals surface area (Å²) in [5, 5.41) is 4.39. The van der Waals surface area contributed by atoms with Crippen LogP contribution in [0.25, 0.3) is 5.69 Å². The van der Waals surface area contributed by atoms with Gasteiger partial charge >= 0.3 is 5.97 Å². The SMILES string of the molecule is Cc1nn(-c2ccccc2)c(C)c1C(=O)C(=O)OCC(=O)N1CCc2ccccc2C1. The maximum absolute atomic E-state index is 12.7. The highest BCUT2D eigenvalue weighted by Gasteiger charge is 2.28. The van der Waals surface area contributed by atoms with Gasteiger partial charge in [0.1, 0.15) is 0 Å². The molecule has 0 unspecified atom stereocenters. The monoisotopic (exact) mass is 417 g/mol. The number of ether oxygens (including phenoxy) is 1. The molecule has 0 fully saturated rings. The highest BCUT2D eigenvalue weighted by molar-refractivity contribution is 6.41. The van der Waals surface area contributed by atoms with Crippen LogP contribution in [0.5, 0.6) is 0 Å². The van der Waals surface area contributed by atoms with Crippen LogP contribution in [-0.4, -0.2) is 45.5 Å². The number of aromatic nitrogens is 2. The Balaban J connectivity index is 1.41. The van der Waals surface area contributed by atoms with Gasteiger partial charge in [0.05, 0.1) is 22.6 Å². The van der Waals surface area contributed by atoms with E-state index in [-0.39, 0.29) is 11.5 Å². The Morgan fingerprint density at radius 2 is 1.65 bits per heavy atom. The first-order valence-electron chi connectivity index (χ1n) is 10.1. The molecule has 2 heterocycles. The van der Waals surface area contributed by atoms with E-state index in [1.165, 1.54) is 5.56 Å². The summed E-state index contributed by atoms with van der Waals surface area (Å²) in [5.74, 6) is -2.16. The van der Waals surface area contributed by atoms with Gasteiger partial charge in [-0.15, -0.1) is 0 Å². The number of rotatable bonds is 5. The molecule has 0 bridgehead atoms. The Hall–Kier alpha value is -3.74. The summed E-state index contributed by atoms with van der Waals surface area (Å²) < 4.78 is 6.69. The molecule has 7 heteroatoms. The Morgan fingerprint density at radius 1 is 0.968 bits per heavy atom. The molecule has 0 N–H and O–H groups in total. The number of nitrogens with zero attached hydrogens (tertiary/aromatic N) is 3. The molecule has 0 aliphatic carbocycles. The number of benzene rings is 2. The summed E-state index contributed by atoms with van der Waals surface area (Å²) in [6.45, 7) is 3.97. The van der Waals surface area contributed by atoms with Crippen LogP contribution in [0, 0.1) is 13.8 Å². The molecule has 0 saturated carbocycles. The van der Waals surface area contributed by atoms with Crippen molar-refractivity contribution in [1.29, 1.82) is 0 Å². The zero-order valence-electron chi connectivity index (χ0n) is 17.5. The molecule has 2 aromatic carbocycles. The fraction of sp³-hybridized carbons (Fsp3) is 0.250. The van der Waals surface area contributed by atoms with Gasteiger partial charge in [-0.25, -0.2) is 9.48 Å². The number of esters is 1. The number of amides is 1. The number of carbonyl (C=O) groups is 3. The highest BCUT2D eigenvalue weighted by Crippen LogP contribution is 2.20. The predicted molar refractivity (Wildman–Crippen MR) is 114 cm³/mol. The lowest BCUT2D eigenvalue weighted by atomic mass is 10.00. The van der Waals surface area contributed by atoms with Crippen LogP contribution in [0.2, 0.25) is 0 Å². The van der Waals surface area contributed by atoms with E-state index in [9.17, 15) is 14.4 Å². The Kier molecular flexibility index (Phi) is 5.66. The largest absolute Gasteiger partial charge is 0.450 e. The van der Waals surface area contributed by atoms with Gasteiger partial charge < -0.3 is 9.64 Å². The smallest absolute Gasteiger partial charge is 0.380 e. The summed E-state index contributed by atoms with van der Waals surface area (Å²) in [6, 6.07) is 17.3. The lowest BCUT2D eigenvalue weighted by molar-refractivity contribution is -0.148. The zero-order chi connectivity index (χ0) is 22.0. The molecule has 4 rings (SSSR count). The van der Waals surface area contributed by atoms with Crippen LogP contribution in [0.1, 0.15) is 32.9 Å². The van der Waals surface area contributed by atoms with Crippen molar-refractivity contribution in [3.8, 4) is 5.69 Å². The normalized spacial score (nSPS) is 12.9. The molecule has 1 amide bonds. The third-order valence-electron chi connectivity index (χ3n) is 5.51. The predicted octanol–water partition coefficient (Wildman–Crippen LogP) is 2.80. The number of hydrogen-bond acceptors (Lipinski definition) is 5. The molecule has 0 radical (unpaired) electrons. The second-order valence-electron chi connectivity index (χ2n) is 7.53. The van der Waals surface area contributed by atoms with E-state index in [2.05, 4.69) is 11.2 Å². The average molecular weight is 417 g/mol. The minimum atomic E-state index is -1.05. The maximum atomic E-state index is 12.7. The zero-order valence-corrected chi connectivity index (χ0v) is 17.5. The van der Waals surface area contributed by atoms with Crippen LogP contribution in [0.3, 0.4) is 0 Å². The van der Waals surface area contributed by atoms with Crippen LogP contribution < -0.4 is 0 Å². The molecule has 0 spiro atoms. The van der Waals surface area contributed by atoms with Crippen LogP contribution >= 0.6 is 0 Å². The number of fused-ring (bicyclic) bond motifs is 1. The average Bonchev–Trinajstić information content (AvgIpc) is 3.10. The van der Waals surface area contributed by atoms with Crippen molar-refractivity contribution >= 4 is 17.7 Å². The van der Waals surface area contributed by atoms with Crippen molar-refractivity contribution in [2.24, 2.45) is 0 Å². The van der Waals surface area contributed by atoms with E-state index < -0.39 is 18.4 Å². The maximum Gasteiger partial charge on any atom is 0.380 e. The molecule has 0 saturated heterocycles. The molecule has 1 aliphatic heterocycles. The Labute approximate surface area is 180 Å². The Morgan fingerprint density at radius 3 is 2.39 bits per heavy atom. The van der Waals surface area contributed by atoms with E-state index >= 15 is 0 Å². The van der Waals surface area contributed by atoms with Gasteiger partial charge in [-0.1, -0.05) is 42.5 Å². The molecule has 158 valence electrons. The van der Waals surface area contributed by atoms with Crippen LogP contribution in [0.4, 0.5) is 0 Å². The van der Waals surface area contributed by atoms with E-state index in [4.69, 9.17) is 4.74 Å². The van der Waals surface area contributed by atoms with Crippen molar-refractivity contribution in [2.45, 2.75) is 26.8 Å². The van der Waals surface area contributed by atoms with Crippen LogP contribution in [-0.2, 0) is 27.3 Å². The van der Waals surface area contributed by atoms with Crippen molar-refractivity contribution < 1.29 is 19.1 Å². The third-order valence-corrected chi connectivity index (χ3v) is 5.51. The van der Waals surface area contributed by atoms with Crippen LogP contribution in [0.15, 0.2) is 54.6 Å². The molecule has 3 aromatic rings. The summed E-state index contributed by atoms with van der Waals surface area (Å²) >= 11 is 0. The third kappa shape index (κ3) is 4.12. The fourth-order valence-corrected chi connectivity index (χ4v) is 3.89. The quantitative estimate of drug-likeness (QED) is 0.362. The molecule has 31 heavy (non-hydrogen) atoms. The number of Topliss-reactive ketones (excluding diaryl/α,β-unsaturated/α-hetero) is 1. The summed E-state index contributed by atoms with van der Waals surface area (Å²) in [7, 11) is 0. The second kappa shape index (κ2) is 8.55. The first kappa shape index (κ1) is 20.5. The molecule has 1 aromatic heterocycles. The molecule has 0 atom stereocenters. The molecule has 7 nitrogen and oxygen atoms in total. The number of para-hydroxylation sites is 1. The number of aryl methyl sites for hydroxylation is 1. The van der Waals surface area contributed by atoms with E-state index in [0.29, 0.717) is 24.5 Å². The van der Waals surface area contributed by atoms with E-state index in [0.717, 1.165) is 17.7 Å². The lowest BCUT2D eigenvalue weighted by Gasteiger charge is -2.28. The highest BCUT2D eigenvalue weighted by atomic mass is 16.5. The Bertz CT molecular complexity index is 1150. The molecular formula is C24H23N3O4. The van der Waals surface area contributed by atoms with Gasteiger partial charge in [-0.3, -0.25) is 9.59 Å². The van der Waals surface area contributed by atoms with Gasteiger partial charge in [0.2, 0.25) is 0 Å². The van der Waals surface area contributed by atoms with Crippen molar-refractivity contribution in [1.82, 2.24) is 14.7 Å². The van der Waals surface area contributed by atoms with Crippen molar-refractivity contribution in [2.75, 3.05) is 13.2 Å². The van der Waals surface area contributed by atoms with Crippen molar-refractivity contribution in [3.05, 3.63) is 82.7 Å². The first-order valence-corrected chi connectivity index (χ1v) is 10.1. The number of ketones is 1. The summed E-state index contributed by atoms with van der Waals surface area (Å²) in [5.41, 5.74) is 4.28. The minimum absolute atomic E-state index is 0.202. The van der Waals surface area contributed by atoms with Crippen molar-refractivity contribution in [3.63, 3.8) is 0 Å². The number of carbonyl (C=O) groups excluding carboxylic acids is 3. The van der Waals surface area contributed by atoms with Gasteiger partial charge in [-0.2, -0.15) is 5.10 Å². The van der Waals surface area contributed by atoms with Gasteiger partial charge in [-0.05, 0) is 43.5 Å². The molecule has 1 aliphatic rings. The molecular weight excluding hydrogens is 394 g/mol. The van der Waals surface area contributed by atoms with Gasteiger partial charge in [0.25, 0.3) is 11.7 Å². The minimum Gasteiger partial charge on any atom is -0.450 e. The van der Waals surface area contributed by atoms with E-state index in [1.807, 2.05) is 48.5 Å². The first-order chi connectivity index (χ1) is 15.0. The summed E-state index contributed by atoms with van der Waals surface area (Å²) in [4.78, 5) is 39.3. The van der Waals surface area contributed by atoms with Gasteiger partial charge in [0.15, 0.2) is 6.61 Å². The summed E-state index contributed by atoms with van der Waals surface area (Å²) in [6.07, 6.45) is 0.756. The van der Waals surface area contributed by atoms with E-state index in [1.54, 1.807) is 23.4 Å². The fourth-order valence-electron chi connectivity index (χ4n) is 3.89. The number of hydrogen-bond donors (Lipinski definition) is 0. The second-order valence-corrected chi connectivity index (χ2v) is 7.53. The van der Waals surface area contributed by atoms with Gasteiger partial charge in [0, 0.05) is 13.1 Å². The lowest BCUT2D eigenvalue weighted by Crippen LogP contribution is -2.39. The standard InChI is InChI=1S/C24H23N3O4/c1-16-22(17(2)27(25-16)20-10-4-3-5-11-20)23(29)24(30)31-15-21(28)26-13-12-18-8-6-7-9-19(18)14-26/h3-11H,12-15H2,1-2H3. The topological polar surface area (TPSA) is 81.5 Å².